The van der Waals surface area contributed by atoms with E-state index in [1.807, 2.05) is 19.1 Å². The van der Waals surface area contributed by atoms with Crippen LogP contribution in [0.4, 0.5) is 10.1 Å². The second-order valence-corrected chi connectivity index (χ2v) is 7.09. The van der Waals surface area contributed by atoms with Gasteiger partial charge in [-0.2, -0.15) is 0 Å². The number of benzene rings is 1. The zero-order valence-corrected chi connectivity index (χ0v) is 12.8. The second-order valence-electron chi connectivity index (χ2n) is 5.08. The van der Waals surface area contributed by atoms with Crippen LogP contribution in [0.25, 0.3) is 0 Å². The fraction of sp³-hybridized carbons (Fsp3) is 0.333. The molecule has 0 spiro atoms. The first kappa shape index (κ1) is 15.6. The van der Waals surface area contributed by atoms with Gasteiger partial charge in [-0.3, -0.25) is 0 Å². The first-order chi connectivity index (χ1) is 9.86. The molecule has 21 heavy (non-hydrogen) atoms. The summed E-state index contributed by atoms with van der Waals surface area (Å²) in [5.41, 5.74) is 0.199. The van der Waals surface area contributed by atoms with E-state index < -0.39 is 15.7 Å². The Morgan fingerprint density at radius 3 is 2.71 bits per heavy atom. The molecule has 1 heterocycles. The number of rotatable bonds is 6. The summed E-state index contributed by atoms with van der Waals surface area (Å²) in [6.07, 6.45) is 4.19. The minimum absolute atomic E-state index is 0.0144. The predicted molar refractivity (Wildman–Crippen MR) is 79.6 cm³/mol. The van der Waals surface area contributed by atoms with Crippen LogP contribution in [0.1, 0.15) is 19.1 Å². The summed E-state index contributed by atoms with van der Waals surface area (Å²) < 4.78 is 42.0. The van der Waals surface area contributed by atoms with Gasteiger partial charge in [-0.15, -0.1) is 0 Å². The monoisotopic (exact) mass is 311 g/mol. The van der Waals surface area contributed by atoms with E-state index >= 15 is 0 Å². The maximum atomic E-state index is 13.8. The van der Waals surface area contributed by atoms with E-state index in [0.717, 1.165) is 30.9 Å². The maximum Gasteiger partial charge on any atom is 0.175 e. The van der Waals surface area contributed by atoms with E-state index in [2.05, 4.69) is 5.32 Å². The summed E-state index contributed by atoms with van der Waals surface area (Å²) in [4.78, 5) is 0.102. The molecule has 0 bridgehead atoms. The van der Waals surface area contributed by atoms with E-state index in [4.69, 9.17) is 4.42 Å². The fourth-order valence-electron chi connectivity index (χ4n) is 2.00. The van der Waals surface area contributed by atoms with Gasteiger partial charge in [0.2, 0.25) is 0 Å². The molecule has 4 nitrogen and oxygen atoms in total. The number of anilines is 1. The number of hydrogen-bond acceptors (Lipinski definition) is 4. The van der Waals surface area contributed by atoms with Crippen LogP contribution < -0.4 is 5.32 Å². The van der Waals surface area contributed by atoms with Crippen LogP contribution in [0.15, 0.2) is 45.9 Å². The van der Waals surface area contributed by atoms with Crippen LogP contribution in [0.2, 0.25) is 0 Å². The topological polar surface area (TPSA) is 59.3 Å². The van der Waals surface area contributed by atoms with Gasteiger partial charge in [-0.1, -0.05) is 0 Å². The fourth-order valence-corrected chi connectivity index (χ4v) is 2.64. The largest absolute Gasteiger partial charge is 0.469 e. The molecule has 1 aromatic heterocycles. The third-order valence-electron chi connectivity index (χ3n) is 3.17. The molecule has 1 aromatic carbocycles. The highest BCUT2D eigenvalue weighted by Gasteiger charge is 2.13. The maximum absolute atomic E-state index is 13.8. The van der Waals surface area contributed by atoms with Crippen molar-refractivity contribution in [2.24, 2.45) is 0 Å². The summed E-state index contributed by atoms with van der Waals surface area (Å²) in [5, 5.41) is 3.00. The van der Waals surface area contributed by atoms with Crippen molar-refractivity contribution in [3.05, 3.63) is 48.2 Å². The number of aryl methyl sites for hydroxylation is 1. The zero-order valence-electron chi connectivity index (χ0n) is 12.0. The Hall–Kier alpha value is -1.82. The molecular weight excluding hydrogens is 293 g/mol. The standard InChI is InChI=1S/C15H18FNO3S/c1-11(5-6-12-4-3-9-20-12)17-15-10-13(21(2,18)19)7-8-14(15)16/h3-4,7-11,17H,5-6H2,1-2H3. The molecule has 1 N–H and O–H groups in total. The molecule has 0 fully saturated rings. The first-order valence-corrected chi connectivity index (χ1v) is 8.54. The first-order valence-electron chi connectivity index (χ1n) is 6.65. The Kier molecular flexibility index (Phi) is 4.67. The molecule has 0 aliphatic heterocycles. The van der Waals surface area contributed by atoms with Crippen molar-refractivity contribution >= 4 is 15.5 Å². The molecule has 0 aliphatic carbocycles. The lowest BCUT2D eigenvalue weighted by molar-refractivity contribution is 0.494. The number of sulfone groups is 1. The highest BCUT2D eigenvalue weighted by molar-refractivity contribution is 7.90. The molecule has 0 aliphatic rings. The Balaban J connectivity index is 2.04. The van der Waals surface area contributed by atoms with Gasteiger partial charge in [-0.05, 0) is 43.7 Å². The van der Waals surface area contributed by atoms with Crippen LogP contribution >= 0.6 is 0 Å². The Morgan fingerprint density at radius 1 is 1.33 bits per heavy atom. The Labute approximate surface area is 123 Å². The normalized spacial score (nSPS) is 13.1. The molecular formula is C15H18FNO3S. The van der Waals surface area contributed by atoms with Crippen molar-refractivity contribution in [2.75, 3.05) is 11.6 Å². The summed E-state index contributed by atoms with van der Waals surface area (Å²) >= 11 is 0. The van der Waals surface area contributed by atoms with Crippen LogP contribution in [0, 0.1) is 5.82 Å². The van der Waals surface area contributed by atoms with Crippen LogP contribution in [0.3, 0.4) is 0 Å². The lowest BCUT2D eigenvalue weighted by Crippen LogP contribution is -2.17. The van der Waals surface area contributed by atoms with E-state index in [1.54, 1.807) is 6.26 Å². The van der Waals surface area contributed by atoms with Gasteiger partial charge in [0.05, 0.1) is 16.8 Å². The highest BCUT2D eigenvalue weighted by atomic mass is 32.2. The van der Waals surface area contributed by atoms with Gasteiger partial charge in [0.1, 0.15) is 11.6 Å². The van der Waals surface area contributed by atoms with Crippen molar-refractivity contribution in [2.45, 2.75) is 30.7 Å². The number of hydrogen-bond donors (Lipinski definition) is 1. The van der Waals surface area contributed by atoms with E-state index in [0.29, 0.717) is 0 Å². The van der Waals surface area contributed by atoms with Crippen molar-refractivity contribution in [1.29, 1.82) is 0 Å². The lowest BCUT2D eigenvalue weighted by Gasteiger charge is -2.16. The van der Waals surface area contributed by atoms with Crippen molar-refractivity contribution in [1.82, 2.24) is 0 Å². The molecule has 1 unspecified atom stereocenters. The molecule has 114 valence electrons. The van der Waals surface area contributed by atoms with Gasteiger partial charge >= 0.3 is 0 Å². The van der Waals surface area contributed by atoms with Crippen LogP contribution in [-0.2, 0) is 16.3 Å². The second kappa shape index (κ2) is 6.30. The average Bonchev–Trinajstić information content (AvgIpc) is 2.91. The third-order valence-corrected chi connectivity index (χ3v) is 4.28. The summed E-state index contributed by atoms with van der Waals surface area (Å²) in [5.74, 6) is 0.404. The van der Waals surface area contributed by atoms with Crippen molar-refractivity contribution in [3.8, 4) is 0 Å². The van der Waals surface area contributed by atoms with Gasteiger partial charge in [0.25, 0.3) is 0 Å². The smallest absolute Gasteiger partial charge is 0.175 e. The zero-order chi connectivity index (χ0) is 15.5. The van der Waals surface area contributed by atoms with Crippen LogP contribution in [-0.4, -0.2) is 20.7 Å². The number of nitrogens with one attached hydrogen (secondary N) is 1. The quantitative estimate of drug-likeness (QED) is 0.832. The predicted octanol–water partition coefficient (Wildman–Crippen LogP) is 3.26. The SMILES string of the molecule is CC(CCc1ccco1)Nc1cc(S(C)(=O)=O)ccc1F. The number of furan rings is 1. The Morgan fingerprint density at radius 2 is 2.10 bits per heavy atom. The molecule has 2 rings (SSSR count). The molecule has 1 atom stereocenters. The van der Waals surface area contributed by atoms with E-state index in [1.165, 1.54) is 12.1 Å². The Bertz CT molecular complexity index is 696. The summed E-state index contributed by atoms with van der Waals surface area (Å²) in [6.45, 7) is 1.91. The van der Waals surface area contributed by atoms with Crippen molar-refractivity contribution in [3.63, 3.8) is 0 Å². The molecule has 2 aromatic rings. The van der Waals surface area contributed by atoms with Gasteiger partial charge in [0, 0.05) is 18.7 Å². The van der Waals surface area contributed by atoms with Gasteiger partial charge in [0.15, 0.2) is 9.84 Å². The molecule has 0 saturated heterocycles. The van der Waals surface area contributed by atoms with E-state index in [9.17, 15) is 12.8 Å². The van der Waals surface area contributed by atoms with Gasteiger partial charge in [-0.25, -0.2) is 12.8 Å². The van der Waals surface area contributed by atoms with Gasteiger partial charge < -0.3 is 9.73 Å². The summed E-state index contributed by atoms with van der Waals surface area (Å²) in [6, 6.07) is 7.45. The highest BCUT2D eigenvalue weighted by Crippen LogP contribution is 2.21. The minimum atomic E-state index is -3.35. The lowest BCUT2D eigenvalue weighted by atomic mass is 10.1. The average molecular weight is 311 g/mol. The molecule has 0 radical (unpaired) electrons. The number of halogens is 1. The molecule has 6 heteroatoms. The summed E-state index contributed by atoms with van der Waals surface area (Å²) in [7, 11) is -3.35. The van der Waals surface area contributed by atoms with Crippen LogP contribution in [0.5, 0.6) is 0 Å². The minimum Gasteiger partial charge on any atom is -0.469 e. The van der Waals surface area contributed by atoms with E-state index in [-0.39, 0.29) is 16.6 Å². The molecule has 0 amide bonds. The third kappa shape index (κ3) is 4.32. The van der Waals surface area contributed by atoms with Crippen molar-refractivity contribution < 1.29 is 17.2 Å². The molecule has 0 saturated carbocycles.